The van der Waals surface area contributed by atoms with E-state index in [1.54, 1.807) is 12.1 Å². The maximum Gasteiger partial charge on any atom is 0.187 e. The number of carbonyl (C=O) groups is 1. The summed E-state index contributed by atoms with van der Waals surface area (Å²) in [5.74, 6) is -0.401. The third kappa shape index (κ3) is 3.79. The molecular formula is C17H16FNO. The summed E-state index contributed by atoms with van der Waals surface area (Å²) < 4.78 is 13.0. The molecule has 0 amide bonds. The molecule has 0 aliphatic rings. The number of benzene rings is 2. The van der Waals surface area contributed by atoms with Crippen molar-refractivity contribution in [3.8, 4) is 0 Å². The maximum atomic E-state index is 13.0. The molecule has 0 unspecified atom stereocenters. The van der Waals surface area contributed by atoms with Crippen LogP contribution in [0.25, 0.3) is 0 Å². The lowest BCUT2D eigenvalue weighted by Crippen LogP contribution is -1.96. The highest BCUT2D eigenvalue weighted by atomic mass is 19.1. The molecule has 0 bridgehead atoms. The van der Waals surface area contributed by atoms with E-state index in [2.05, 4.69) is 12.2 Å². The standard InChI is InChI=1S/C17H16FNO/c1-2-13-6-8-14(9-7-13)17(20)10-11-19-16-5-3-4-15(18)12-16/h3-12,19H,2H2,1H3/b11-10+. The summed E-state index contributed by atoms with van der Waals surface area (Å²) in [5.41, 5.74) is 2.44. The molecular weight excluding hydrogens is 253 g/mol. The molecule has 3 heteroatoms. The third-order valence-corrected chi connectivity index (χ3v) is 2.96. The Hall–Kier alpha value is -2.42. The number of hydrogen-bond acceptors (Lipinski definition) is 2. The van der Waals surface area contributed by atoms with Gasteiger partial charge in [-0.2, -0.15) is 0 Å². The second-order valence-electron chi connectivity index (χ2n) is 4.40. The van der Waals surface area contributed by atoms with Gasteiger partial charge in [0.2, 0.25) is 0 Å². The average Bonchev–Trinajstić information content (AvgIpc) is 2.47. The molecule has 2 rings (SSSR count). The SMILES string of the molecule is CCc1ccc(C(=O)/C=C/Nc2cccc(F)c2)cc1. The van der Waals surface area contributed by atoms with Crippen LogP contribution in [0.4, 0.5) is 10.1 Å². The molecule has 20 heavy (non-hydrogen) atoms. The molecule has 0 atom stereocenters. The van der Waals surface area contributed by atoms with Crippen LogP contribution >= 0.6 is 0 Å². The number of halogens is 1. The third-order valence-electron chi connectivity index (χ3n) is 2.96. The number of anilines is 1. The first-order valence-corrected chi connectivity index (χ1v) is 6.51. The van der Waals surface area contributed by atoms with Crippen molar-refractivity contribution in [2.75, 3.05) is 5.32 Å². The normalized spacial score (nSPS) is 10.7. The molecule has 0 saturated heterocycles. The Morgan fingerprint density at radius 1 is 1.20 bits per heavy atom. The van der Waals surface area contributed by atoms with Crippen molar-refractivity contribution in [1.82, 2.24) is 0 Å². The van der Waals surface area contributed by atoms with Crippen LogP contribution < -0.4 is 5.32 Å². The van der Waals surface area contributed by atoms with E-state index in [0.29, 0.717) is 11.3 Å². The molecule has 2 aromatic carbocycles. The summed E-state index contributed by atoms with van der Waals surface area (Å²) in [4.78, 5) is 11.9. The van der Waals surface area contributed by atoms with Crippen molar-refractivity contribution in [2.24, 2.45) is 0 Å². The minimum atomic E-state index is -0.315. The van der Waals surface area contributed by atoms with Crippen LogP contribution in [0, 0.1) is 5.82 Å². The zero-order chi connectivity index (χ0) is 14.4. The lowest BCUT2D eigenvalue weighted by atomic mass is 10.1. The van der Waals surface area contributed by atoms with Crippen LogP contribution in [0.3, 0.4) is 0 Å². The first kappa shape index (κ1) is 14.0. The van der Waals surface area contributed by atoms with Gasteiger partial charge in [0.1, 0.15) is 5.82 Å². The van der Waals surface area contributed by atoms with E-state index in [9.17, 15) is 9.18 Å². The molecule has 102 valence electrons. The number of nitrogens with one attached hydrogen (secondary N) is 1. The van der Waals surface area contributed by atoms with Crippen molar-refractivity contribution < 1.29 is 9.18 Å². The Morgan fingerprint density at radius 2 is 1.95 bits per heavy atom. The van der Waals surface area contributed by atoms with Gasteiger partial charge in [-0.3, -0.25) is 4.79 Å². The van der Waals surface area contributed by atoms with Crippen LogP contribution in [0.2, 0.25) is 0 Å². The van der Waals surface area contributed by atoms with Gasteiger partial charge in [0, 0.05) is 23.5 Å². The molecule has 1 N–H and O–H groups in total. The Labute approximate surface area is 118 Å². The van der Waals surface area contributed by atoms with Crippen LogP contribution in [0.15, 0.2) is 60.8 Å². The quantitative estimate of drug-likeness (QED) is 0.651. The second-order valence-corrected chi connectivity index (χ2v) is 4.40. The highest BCUT2D eigenvalue weighted by molar-refractivity contribution is 6.04. The monoisotopic (exact) mass is 269 g/mol. The zero-order valence-corrected chi connectivity index (χ0v) is 11.3. The van der Waals surface area contributed by atoms with Crippen molar-refractivity contribution in [3.05, 3.63) is 77.8 Å². The predicted molar refractivity (Wildman–Crippen MR) is 79.3 cm³/mol. The van der Waals surface area contributed by atoms with E-state index in [1.165, 1.54) is 30.0 Å². The summed E-state index contributed by atoms with van der Waals surface area (Å²) in [5, 5.41) is 2.87. The van der Waals surface area contributed by atoms with Gasteiger partial charge in [0.05, 0.1) is 0 Å². The van der Waals surface area contributed by atoms with Gasteiger partial charge in [0.15, 0.2) is 5.78 Å². The second kappa shape index (κ2) is 6.66. The number of hydrogen-bond donors (Lipinski definition) is 1. The summed E-state index contributed by atoms with van der Waals surface area (Å²) >= 11 is 0. The average molecular weight is 269 g/mol. The largest absolute Gasteiger partial charge is 0.361 e. The molecule has 0 heterocycles. The Bertz CT molecular complexity index is 617. The highest BCUT2D eigenvalue weighted by Gasteiger charge is 2.01. The van der Waals surface area contributed by atoms with Crippen LogP contribution in [-0.2, 0) is 6.42 Å². The molecule has 2 nitrogen and oxygen atoms in total. The van der Waals surface area contributed by atoms with E-state index < -0.39 is 0 Å². The van der Waals surface area contributed by atoms with Crippen molar-refractivity contribution >= 4 is 11.5 Å². The van der Waals surface area contributed by atoms with Gasteiger partial charge in [-0.15, -0.1) is 0 Å². The van der Waals surface area contributed by atoms with Gasteiger partial charge < -0.3 is 5.32 Å². The minimum absolute atomic E-state index is 0.0865. The van der Waals surface area contributed by atoms with E-state index in [0.717, 1.165) is 6.42 Å². The fourth-order valence-electron chi connectivity index (χ4n) is 1.79. The Morgan fingerprint density at radius 3 is 2.60 bits per heavy atom. The van der Waals surface area contributed by atoms with E-state index >= 15 is 0 Å². The minimum Gasteiger partial charge on any atom is -0.361 e. The van der Waals surface area contributed by atoms with Crippen molar-refractivity contribution in [3.63, 3.8) is 0 Å². The number of rotatable bonds is 5. The van der Waals surface area contributed by atoms with Crippen molar-refractivity contribution in [1.29, 1.82) is 0 Å². The van der Waals surface area contributed by atoms with E-state index in [-0.39, 0.29) is 11.6 Å². The van der Waals surface area contributed by atoms with Crippen LogP contribution in [-0.4, -0.2) is 5.78 Å². The summed E-state index contributed by atoms with van der Waals surface area (Å²) in [7, 11) is 0. The Kier molecular flexibility index (Phi) is 4.66. The van der Waals surface area contributed by atoms with Gasteiger partial charge in [0.25, 0.3) is 0 Å². The molecule has 2 aromatic rings. The van der Waals surface area contributed by atoms with Crippen molar-refractivity contribution in [2.45, 2.75) is 13.3 Å². The Balaban J connectivity index is 1.98. The molecule has 0 saturated carbocycles. The summed E-state index contributed by atoms with van der Waals surface area (Å²) in [6.07, 6.45) is 3.90. The summed E-state index contributed by atoms with van der Waals surface area (Å²) in [6, 6.07) is 13.6. The first-order valence-electron chi connectivity index (χ1n) is 6.51. The maximum absolute atomic E-state index is 13.0. The zero-order valence-electron chi connectivity index (χ0n) is 11.3. The number of aryl methyl sites for hydroxylation is 1. The van der Waals surface area contributed by atoms with Crippen LogP contribution in [0.5, 0.6) is 0 Å². The van der Waals surface area contributed by atoms with Crippen LogP contribution in [0.1, 0.15) is 22.8 Å². The van der Waals surface area contributed by atoms with Gasteiger partial charge in [-0.25, -0.2) is 4.39 Å². The molecule has 0 spiro atoms. The molecule has 0 fully saturated rings. The van der Waals surface area contributed by atoms with E-state index in [1.807, 2.05) is 24.3 Å². The smallest absolute Gasteiger partial charge is 0.187 e. The van der Waals surface area contributed by atoms with Gasteiger partial charge in [-0.05, 0) is 30.2 Å². The van der Waals surface area contributed by atoms with Gasteiger partial charge in [-0.1, -0.05) is 37.3 Å². The molecule has 0 aromatic heterocycles. The topological polar surface area (TPSA) is 29.1 Å². The lowest BCUT2D eigenvalue weighted by Gasteiger charge is -2.01. The molecule has 0 radical (unpaired) electrons. The highest BCUT2D eigenvalue weighted by Crippen LogP contribution is 2.10. The lowest BCUT2D eigenvalue weighted by molar-refractivity contribution is 0.104. The predicted octanol–water partition coefficient (Wildman–Crippen LogP) is 4.20. The van der Waals surface area contributed by atoms with E-state index in [4.69, 9.17) is 0 Å². The molecule has 0 aliphatic heterocycles. The first-order chi connectivity index (χ1) is 9.69. The fraction of sp³-hybridized carbons (Fsp3) is 0.118. The fourth-order valence-corrected chi connectivity index (χ4v) is 1.79. The van der Waals surface area contributed by atoms with Gasteiger partial charge >= 0.3 is 0 Å². The number of carbonyl (C=O) groups excluding carboxylic acids is 1. The number of ketones is 1. The number of allylic oxidation sites excluding steroid dienone is 1. The molecule has 0 aliphatic carbocycles. The summed E-state index contributed by atoms with van der Waals surface area (Å²) in [6.45, 7) is 2.07.